The summed E-state index contributed by atoms with van der Waals surface area (Å²) in [4.78, 5) is 17.8. The van der Waals surface area contributed by atoms with Gasteiger partial charge in [-0.1, -0.05) is 6.07 Å². The molecular weight excluding hydrogens is 332 g/mol. The van der Waals surface area contributed by atoms with Gasteiger partial charge in [0.1, 0.15) is 5.01 Å². The number of thiophene rings is 1. The molecule has 0 radical (unpaired) electrons. The molecule has 0 unspecified atom stereocenters. The lowest BCUT2D eigenvalue weighted by molar-refractivity contribution is -0.115. The molecule has 0 saturated heterocycles. The molecule has 0 aliphatic rings. The van der Waals surface area contributed by atoms with Crippen LogP contribution in [-0.4, -0.2) is 17.1 Å². The van der Waals surface area contributed by atoms with Gasteiger partial charge in [-0.25, -0.2) is 4.98 Å². The summed E-state index contributed by atoms with van der Waals surface area (Å²) in [5.74, 6) is -0.0413. The van der Waals surface area contributed by atoms with E-state index in [1.807, 2.05) is 47.3 Å². The highest BCUT2D eigenvalue weighted by atomic mass is 32.2. The fourth-order valence-electron chi connectivity index (χ4n) is 1.98. The molecule has 0 bridgehead atoms. The molecule has 1 N–H and O–H groups in total. The van der Waals surface area contributed by atoms with Gasteiger partial charge in [-0.05, 0) is 35.9 Å². The van der Waals surface area contributed by atoms with Crippen LogP contribution in [0.2, 0.25) is 0 Å². The number of thiazole rings is 1. The van der Waals surface area contributed by atoms with Gasteiger partial charge in [0.25, 0.3) is 0 Å². The number of aromatic nitrogens is 1. The SMILES string of the molecule is CSc1cccc(NC(=O)Cc2csc(-c3ccsc3)n2)c1. The molecule has 112 valence electrons. The molecule has 0 fully saturated rings. The third kappa shape index (κ3) is 3.76. The lowest BCUT2D eigenvalue weighted by Crippen LogP contribution is -2.14. The average molecular weight is 347 g/mol. The van der Waals surface area contributed by atoms with Crippen LogP contribution < -0.4 is 5.32 Å². The fraction of sp³-hybridized carbons (Fsp3) is 0.125. The summed E-state index contributed by atoms with van der Waals surface area (Å²) in [7, 11) is 0. The molecule has 0 saturated carbocycles. The largest absolute Gasteiger partial charge is 0.326 e. The van der Waals surface area contributed by atoms with Crippen LogP contribution in [0.1, 0.15) is 5.69 Å². The first-order valence-corrected chi connectivity index (χ1v) is 9.70. The Morgan fingerprint density at radius 3 is 3.00 bits per heavy atom. The van der Waals surface area contributed by atoms with E-state index in [2.05, 4.69) is 15.7 Å². The van der Waals surface area contributed by atoms with Crippen molar-refractivity contribution in [3.8, 4) is 10.6 Å². The Labute approximate surface area is 141 Å². The number of amides is 1. The van der Waals surface area contributed by atoms with Crippen LogP contribution in [0, 0.1) is 0 Å². The third-order valence-corrected chi connectivity index (χ3v) is 5.36. The van der Waals surface area contributed by atoms with E-state index in [1.165, 1.54) is 0 Å². The number of nitrogens with zero attached hydrogens (tertiary/aromatic N) is 1. The van der Waals surface area contributed by atoms with Crippen LogP contribution >= 0.6 is 34.4 Å². The second kappa shape index (κ2) is 7.09. The molecule has 3 nitrogen and oxygen atoms in total. The second-order valence-electron chi connectivity index (χ2n) is 4.61. The molecule has 3 rings (SSSR count). The van der Waals surface area contributed by atoms with E-state index in [-0.39, 0.29) is 5.91 Å². The van der Waals surface area contributed by atoms with Crippen LogP contribution in [-0.2, 0) is 11.2 Å². The van der Waals surface area contributed by atoms with E-state index >= 15 is 0 Å². The number of thioether (sulfide) groups is 1. The maximum absolute atomic E-state index is 12.1. The van der Waals surface area contributed by atoms with Gasteiger partial charge in [-0.15, -0.1) is 23.1 Å². The van der Waals surface area contributed by atoms with Crippen molar-refractivity contribution in [2.24, 2.45) is 0 Å². The summed E-state index contributed by atoms with van der Waals surface area (Å²) in [6.07, 6.45) is 2.31. The Hall–Kier alpha value is -1.63. The van der Waals surface area contributed by atoms with Gasteiger partial charge in [-0.3, -0.25) is 4.79 Å². The summed E-state index contributed by atoms with van der Waals surface area (Å²) < 4.78 is 0. The minimum absolute atomic E-state index is 0.0413. The van der Waals surface area contributed by atoms with Gasteiger partial charge in [0.2, 0.25) is 5.91 Å². The lowest BCUT2D eigenvalue weighted by Gasteiger charge is -2.05. The van der Waals surface area contributed by atoms with Crippen molar-refractivity contribution < 1.29 is 4.79 Å². The molecule has 0 atom stereocenters. The number of carbonyl (C=O) groups excluding carboxylic acids is 1. The van der Waals surface area contributed by atoms with E-state index < -0.39 is 0 Å². The number of hydrogen-bond donors (Lipinski definition) is 1. The van der Waals surface area contributed by atoms with E-state index in [0.717, 1.165) is 26.8 Å². The standard InChI is InChI=1S/C16H14N2OS3/c1-20-14-4-2-3-12(7-14)17-15(19)8-13-10-22-16(18-13)11-5-6-21-9-11/h2-7,9-10H,8H2,1H3,(H,17,19). The Morgan fingerprint density at radius 2 is 2.23 bits per heavy atom. The maximum Gasteiger partial charge on any atom is 0.230 e. The quantitative estimate of drug-likeness (QED) is 0.676. The fourth-order valence-corrected chi connectivity index (χ4v) is 3.97. The molecule has 0 aliphatic carbocycles. The monoisotopic (exact) mass is 346 g/mol. The lowest BCUT2D eigenvalue weighted by atomic mass is 10.3. The van der Waals surface area contributed by atoms with E-state index in [9.17, 15) is 4.79 Å². The Bertz CT molecular complexity index is 765. The summed E-state index contributed by atoms with van der Waals surface area (Å²) in [6, 6.07) is 9.88. The third-order valence-electron chi connectivity index (χ3n) is 3.02. The summed E-state index contributed by atoms with van der Waals surface area (Å²) in [5, 5.41) is 9.93. The van der Waals surface area contributed by atoms with Crippen molar-refractivity contribution in [2.45, 2.75) is 11.3 Å². The normalized spacial score (nSPS) is 10.6. The van der Waals surface area contributed by atoms with Crippen LogP contribution in [0.15, 0.2) is 51.4 Å². The highest BCUT2D eigenvalue weighted by Crippen LogP contribution is 2.26. The average Bonchev–Trinajstić information content (AvgIpc) is 3.18. The van der Waals surface area contributed by atoms with Crippen molar-refractivity contribution in [1.29, 1.82) is 0 Å². The van der Waals surface area contributed by atoms with Crippen LogP contribution in [0.4, 0.5) is 5.69 Å². The number of rotatable bonds is 5. The molecule has 1 aromatic carbocycles. The minimum Gasteiger partial charge on any atom is -0.326 e. The van der Waals surface area contributed by atoms with E-state index in [0.29, 0.717) is 6.42 Å². The van der Waals surface area contributed by atoms with Crippen LogP contribution in [0.5, 0.6) is 0 Å². The molecule has 6 heteroatoms. The number of hydrogen-bond acceptors (Lipinski definition) is 5. The van der Waals surface area contributed by atoms with Crippen LogP contribution in [0.3, 0.4) is 0 Å². The number of carbonyl (C=O) groups is 1. The molecular formula is C16H14N2OS3. The van der Waals surface area contributed by atoms with Crippen molar-refractivity contribution >= 4 is 46.0 Å². The summed E-state index contributed by atoms with van der Waals surface area (Å²) in [5.41, 5.74) is 2.75. The van der Waals surface area contributed by atoms with Gasteiger partial charge in [-0.2, -0.15) is 11.3 Å². The molecule has 2 heterocycles. The minimum atomic E-state index is -0.0413. The summed E-state index contributed by atoms with van der Waals surface area (Å²) >= 11 is 4.88. The second-order valence-corrected chi connectivity index (χ2v) is 7.13. The van der Waals surface area contributed by atoms with Gasteiger partial charge < -0.3 is 5.32 Å². The highest BCUT2D eigenvalue weighted by Gasteiger charge is 2.09. The van der Waals surface area contributed by atoms with Gasteiger partial charge in [0.05, 0.1) is 12.1 Å². The molecule has 1 amide bonds. The predicted octanol–water partition coefficient (Wildman–Crippen LogP) is 4.77. The first-order valence-electron chi connectivity index (χ1n) is 6.65. The number of anilines is 1. The first kappa shape index (κ1) is 15.3. The topological polar surface area (TPSA) is 42.0 Å². The zero-order valence-electron chi connectivity index (χ0n) is 11.9. The smallest absolute Gasteiger partial charge is 0.230 e. The van der Waals surface area contributed by atoms with E-state index in [1.54, 1.807) is 34.4 Å². The van der Waals surface area contributed by atoms with Crippen molar-refractivity contribution in [1.82, 2.24) is 4.98 Å². The Kier molecular flexibility index (Phi) is 4.92. The van der Waals surface area contributed by atoms with Gasteiger partial charge >= 0.3 is 0 Å². The Balaban J connectivity index is 1.64. The zero-order chi connectivity index (χ0) is 15.4. The van der Waals surface area contributed by atoms with Crippen molar-refractivity contribution in [3.63, 3.8) is 0 Å². The van der Waals surface area contributed by atoms with Crippen LogP contribution in [0.25, 0.3) is 10.6 Å². The molecule has 3 aromatic rings. The summed E-state index contributed by atoms with van der Waals surface area (Å²) in [6.45, 7) is 0. The van der Waals surface area contributed by atoms with E-state index in [4.69, 9.17) is 0 Å². The van der Waals surface area contributed by atoms with Gasteiger partial charge in [0.15, 0.2) is 0 Å². The number of nitrogens with one attached hydrogen (secondary N) is 1. The first-order chi connectivity index (χ1) is 10.7. The zero-order valence-corrected chi connectivity index (χ0v) is 14.4. The number of benzene rings is 1. The highest BCUT2D eigenvalue weighted by molar-refractivity contribution is 7.98. The molecule has 0 aliphatic heterocycles. The molecule has 0 spiro atoms. The van der Waals surface area contributed by atoms with Crippen molar-refractivity contribution in [2.75, 3.05) is 11.6 Å². The van der Waals surface area contributed by atoms with Crippen molar-refractivity contribution in [3.05, 3.63) is 52.2 Å². The predicted molar refractivity (Wildman–Crippen MR) is 96.0 cm³/mol. The molecule has 22 heavy (non-hydrogen) atoms. The van der Waals surface area contributed by atoms with Gasteiger partial charge in [0, 0.05) is 26.9 Å². The Morgan fingerprint density at radius 1 is 1.32 bits per heavy atom. The molecule has 2 aromatic heterocycles. The maximum atomic E-state index is 12.1.